The minimum absolute atomic E-state index is 0.387. The van der Waals surface area contributed by atoms with Gasteiger partial charge >= 0.3 is 0 Å². The molecule has 4 heteroatoms. The number of hydrogen-bond acceptors (Lipinski definition) is 2. The van der Waals surface area contributed by atoms with Crippen molar-refractivity contribution < 1.29 is 9.59 Å². The molecule has 0 fully saturated rings. The van der Waals surface area contributed by atoms with Crippen LogP contribution in [0.2, 0.25) is 0 Å². The summed E-state index contributed by atoms with van der Waals surface area (Å²) in [5.74, 6) is -1.39. The van der Waals surface area contributed by atoms with Gasteiger partial charge in [0.15, 0.2) is 0 Å². The fraction of sp³-hybridized carbons (Fsp3) is 0.429. The monoisotopic (exact) mass is 156 g/mol. The second kappa shape index (κ2) is 4.49. The van der Waals surface area contributed by atoms with Gasteiger partial charge in [-0.1, -0.05) is 13.0 Å². The van der Waals surface area contributed by atoms with Crippen LogP contribution in [0.1, 0.15) is 13.3 Å². The maximum absolute atomic E-state index is 10.6. The largest absolute Gasteiger partial charge is 0.369 e. The third-order valence-corrected chi connectivity index (χ3v) is 1.30. The Morgan fingerprint density at radius 1 is 1.45 bits per heavy atom. The fourth-order valence-corrected chi connectivity index (χ4v) is 0.643. The van der Waals surface area contributed by atoms with Crippen molar-refractivity contribution in [2.45, 2.75) is 13.3 Å². The van der Waals surface area contributed by atoms with E-state index in [9.17, 15) is 9.59 Å². The average molecular weight is 156 g/mol. The predicted octanol–water partition coefficient (Wildman–Crippen LogP) is -0.461. The maximum atomic E-state index is 10.6. The van der Waals surface area contributed by atoms with Gasteiger partial charge in [-0.3, -0.25) is 9.59 Å². The minimum Gasteiger partial charge on any atom is -0.369 e. The lowest BCUT2D eigenvalue weighted by atomic mass is 10.1. The Morgan fingerprint density at radius 3 is 2.27 bits per heavy atom. The van der Waals surface area contributed by atoms with Gasteiger partial charge in [0.05, 0.1) is 5.92 Å². The average Bonchev–Trinajstić information content (AvgIpc) is 1.87. The first-order chi connectivity index (χ1) is 5.07. The van der Waals surface area contributed by atoms with Crippen LogP contribution in [0.25, 0.3) is 0 Å². The molecule has 4 nitrogen and oxygen atoms in total. The second-order valence-electron chi connectivity index (χ2n) is 2.18. The minimum atomic E-state index is -0.565. The lowest BCUT2D eigenvalue weighted by Crippen LogP contribution is -2.21. The molecule has 0 heterocycles. The van der Waals surface area contributed by atoms with E-state index in [1.165, 1.54) is 6.08 Å². The lowest BCUT2D eigenvalue weighted by molar-refractivity contribution is -0.120. The van der Waals surface area contributed by atoms with E-state index >= 15 is 0 Å². The van der Waals surface area contributed by atoms with Gasteiger partial charge in [0.1, 0.15) is 0 Å². The smallest absolute Gasteiger partial charge is 0.241 e. The van der Waals surface area contributed by atoms with Gasteiger partial charge in [0.2, 0.25) is 11.8 Å². The molecule has 0 aromatic rings. The van der Waals surface area contributed by atoms with Gasteiger partial charge in [0, 0.05) is 0 Å². The van der Waals surface area contributed by atoms with Crippen LogP contribution in [-0.4, -0.2) is 11.8 Å². The summed E-state index contributed by atoms with van der Waals surface area (Å²) in [6, 6.07) is 0. The third kappa shape index (κ3) is 4.13. The molecule has 0 aromatic carbocycles. The van der Waals surface area contributed by atoms with E-state index in [1.54, 1.807) is 6.92 Å². The molecule has 0 spiro atoms. The summed E-state index contributed by atoms with van der Waals surface area (Å²) in [7, 11) is 0. The van der Waals surface area contributed by atoms with E-state index in [0.29, 0.717) is 6.42 Å². The molecular formula is C7H12N2O2. The Morgan fingerprint density at radius 2 is 2.00 bits per heavy atom. The Hall–Kier alpha value is -1.32. The quantitative estimate of drug-likeness (QED) is 0.539. The first kappa shape index (κ1) is 9.68. The van der Waals surface area contributed by atoms with Gasteiger partial charge in [-0.2, -0.15) is 0 Å². The molecule has 0 radical (unpaired) electrons. The Bertz CT molecular complexity index is 187. The molecule has 0 aliphatic rings. The zero-order valence-electron chi connectivity index (χ0n) is 6.41. The van der Waals surface area contributed by atoms with Crippen LogP contribution in [0.3, 0.4) is 0 Å². The zero-order valence-corrected chi connectivity index (χ0v) is 6.41. The summed E-state index contributed by atoms with van der Waals surface area (Å²) in [5, 5.41) is 0. The summed E-state index contributed by atoms with van der Waals surface area (Å²) < 4.78 is 0. The molecule has 4 N–H and O–H groups in total. The van der Waals surface area contributed by atoms with Crippen LogP contribution in [-0.2, 0) is 9.59 Å². The van der Waals surface area contributed by atoms with Gasteiger partial charge in [0.25, 0.3) is 0 Å². The number of carbonyl (C=O) groups excluding carboxylic acids is 2. The standard InChI is InChI=1S/C7H12N2O2/c1-2-5(7(9)11)3-4-6(8)10/h3-5H,2H2,1H3,(H2,8,10)(H2,9,11). The van der Waals surface area contributed by atoms with Crippen LogP contribution in [0.4, 0.5) is 0 Å². The number of nitrogens with two attached hydrogens (primary N) is 2. The lowest BCUT2D eigenvalue weighted by Gasteiger charge is -2.01. The van der Waals surface area contributed by atoms with E-state index in [-0.39, 0.29) is 5.92 Å². The molecule has 0 bridgehead atoms. The molecule has 0 aromatic heterocycles. The summed E-state index contributed by atoms with van der Waals surface area (Å²) in [5.41, 5.74) is 9.81. The van der Waals surface area contributed by atoms with Gasteiger partial charge in [-0.25, -0.2) is 0 Å². The second-order valence-corrected chi connectivity index (χ2v) is 2.18. The molecule has 0 rings (SSSR count). The molecule has 0 saturated heterocycles. The molecule has 0 aliphatic carbocycles. The van der Waals surface area contributed by atoms with Crippen molar-refractivity contribution in [2.75, 3.05) is 0 Å². The molecule has 1 unspecified atom stereocenters. The van der Waals surface area contributed by atoms with Crippen molar-refractivity contribution in [3.8, 4) is 0 Å². The first-order valence-electron chi connectivity index (χ1n) is 3.34. The van der Waals surface area contributed by atoms with Crippen molar-refractivity contribution in [3.05, 3.63) is 12.2 Å². The van der Waals surface area contributed by atoms with E-state index in [0.717, 1.165) is 6.08 Å². The molecule has 0 saturated carbocycles. The number of carbonyl (C=O) groups is 2. The van der Waals surface area contributed by atoms with E-state index in [2.05, 4.69) is 0 Å². The Balaban J connectivity index is 4.08. The highest BCUT2D eigenvalue weighted by atomic mass is 16.1. The van der Waals surface area contributed by atoms with Crippen LogP contribution in [0.15, 0.2) is 12.2 Å². The van der Waals surface area contributed by atoms with Crippen molar-refractivity contribution >= 4 is 11.8 Å². The molecule has 1 atom stereocenters. The van der Waals surface area contributed by atoms with Crippen LogP contribution >= 0.6 is 0 Å². The van der Waals surface area contributed by atoms with Gasteiger partial charge in [-0.15, -0.1) is 0 Å². The highest BCUT2D eigenvalue weighted by Gasteiger charge is 2.07. The molecule has 62 valence electrons. The van der Waals surface area contributed by atoms with Crippen molar-refractivity contribution in [3.63, 3.8) is 0 Å². The normalized spacial score (nSPS) is 13.2. The first-order valence-corrected chi connectivity index (χ1v) is 3.34. The number of amides is 2. The van der Waals surface area contributed by atoms with Crippen molar-refractivity contribution in [1.82, 2.24) is 0 Å². The molecule has 2 amide bonds. The molecule has 0 aliphatic heterocycles. The van der Waals surface area contributed by atoms with Crippen molar-refractivity contribution in [1.29, 1.82) is 0 Å². The topological polar surface area (TPSA) is 86.2 Å². The summed E-state index contributed by atoms with van der Waals surface area (Å²) >= 11 is 0. The highest BCUT2D eigenvalue weighted by molar-refractivity contribution is 5.87. The van der Waals surface area contributed by atoms with E-state index < -0.39 is 11.8 Å². The van der Waals surface area contributed by atoms with Crippen molar-refractivity contribution in [2.24, 2.45) is 17.4 Å². The van der Waals surface area contributed by atoms with E-state index in [4.69, 9.17) is 11.5 Å². The number of rotatable bonds is 4. The number of hydrogen-bond donors (Lipinski definition) is 2. The predicted molar refractivity (Wildman–Crippen MR) is 41.3 cm³/mol. The van der Waals surface area contributed by atoms with Crippen LogP contribution in [0, 0.1) is 5.92 Å². The molecule has 11 heavy (non-hydrogen) atoms. The summed E-state index contributed by atoms with van der Waals surface area (Å²) in [6.45, 7) is 1.81. The third-order valence-electron chi connectivity index (χ3n) is 1.30. The fourth-order valence-electron chi connectivity index (χ4n) is 0.643. The zero-order chi connectivity index (χ0) is 8.85. The number of primary amides is 2. The molecular weight excluding hydrogens is 144 g/mol. The summed E-state index contributed by atoms with van der Waals surface area (Å²) in [4.78, 5) is 20.8. The Kier molecular flexibility index (Phi) is 3.95. The van der Waals surface area contributed by atoms with Gasteiger partial charge in [-0.05, 0) is 12.5 Å². The van der Waals surface area contributed by atoms with Crippen LogP contribution < -0.4 is 11.5 Å². The summed E-state index contributed by atoms with van der Waals surface area (Å²) in [6.07, 6.45) is 3.16. The highest BCUT2D eigenvalue weighted by Crippen LogP contribution is 2.02. The van der Waals surface area contributed by atoms with E-state index in [1.807, 2.05) is 0 Å². The van der Waals surface area contributed by atoms with Gasteiger partial charge < -0.3 is 11.5 Å². The Labute approximate surface area is 65.2 Å². The SMILES string of the molecule is CCC(C=CC(N)=O)C(N)=O. The van der Waals surface area contributed by atoms with Crippen LogP contribution in [0.5, 0.6) is 0 Å². The maximum Gasteiger partial charge on any atom is 0.241 e.